The summed E-state index contributed by atoms with van der Waals surface area (Å²) in [6.45, 7) is 0. The van der Waals surface area contributed by atoms with Crippen molar-refractivity contribution in [2.45, 2.75) is 25.2 Å². The fourth-order valence-electron chi connectivity index (χ4n) is 8.15. The molecular weight excluding hydrogens is 603 g/mol. The summed E-state index contributed by atoms with van der Waals surface area (Å²) in [5.74, 6) is 2.60. The molecule has 1 unspecified atom stereocenters. The van der Waals surface area contributed by atoms with Crippen molar-refractivity contribution >= 4 is 38.9 Å². The number of aromatic nitrogens is 1. The molecule has 49 heavy (non-hydrogen) atoms. The van der Waals surface area contributed by atoms with Crippen molar-refractivity contribution in [3.8, 4) is 40.5 Å². The van der Waals surface area contributed by atoms with Gasteiger partial charge >= 0.3 is 0 Å². The summed E-state index contributed by atoms with van der Waals surface area (Å²) in [6.07, 6.45) is 6.84. The van der Waals surface area contributed by atoms with Crippen LogP contribution in [0.15, 0.2) is 124 Å². The minimum atomic E-state index is 0.0256. The number of furan rings is 2. The van der Waals surface area contributed by atoms with Gasteiger partial charge in [0.25, 0.3) is 0 Å². The highest BCUT2D eigenvalue weighted by molar-refractivity contribution is 6.10. The minimum absolute atomic E-state index is 0.0256. The number of fused-ring (bicyclic) bond motifs is 10. The lowest BCUT2D eigenvalue weighted by atomic mass is 9.82. The van der Waals surface area contributed by atoms with Gasteiger partial charge in [0.05, 0.1) is 33.9 Å². The third-order valence-corrected chi connectivity index (χ3v) is 10.4. The lowest BCUT2D eigenvalue weighted by Gasteiger charge is -2.23. The summed E-state index contributed by atoms with van der Waals surface area (Å²) in [7, 11) is 0. The van der Waals surface area contributed by atoms with Crippen LogP contribution in [0.25, 0.3) is 67.2 Å². The summed E-state index contributed by atoms with van der Waals surface area (Å²) in [5.41, 5.74) is 12.1. The van der Waals surface area contributed by atoms with Gasteiger partial charge in [-0.25, -0.2) is 0 Å². The van der Waals surface area contributed by atoms with Gasteiger partial charge in [-0.05, 0) is 84.5 Å². The van der Waals surface area contributed by atoms with E-state index in [9.17, 15) is 10.5 Å². The first-order valence-electron chi connectivity index (χ1n) is 16.6. The molecule has 0 radical (unpaired) electrons. The van der Waals surface area contributed by atoms with Crippen molar-refractivity contribution in [3.63, 3.8) is 0 Å². The summed E-state index contributed by atoms with van der Waals surface area (Å²) in [6, 6.07) is 41.7. The average molecular weight is 630 g/mol. The number of hydrogen-bond donors (Lipinski definition) is 0. The highest BCUT2D eigenvalue weighted by Crippen LogP contribution is 2.47. The molecule has 10 rings (SSSR count). The highest BCUT2D eigenvalue weighted by Gasteiger charge is 2.33. The van der Waals surface area contributed by atoms with Gasteiger partial charge in [-0.1, -0.05) is 72.8 Å². The average Bonchev–Trinajstić information content (AvgIpc) is 3.83. The topological polar surface area (TPSA) is 78.8 Å². The second-order valence-corrected chi connectivity index (χ2v) is 13.0. The molecule has 0 saturated heterocycles. The maximum absolute atomic E-state index is 10.4. The van der Waals surface area contributed by atoms with Crippen LogP contribution >= 0.6 is 0 Å². The predicted molar refractivity (Wildman–Crippen MR) is 192 cm³/mol. The Kier molecular flexibility index (Phi) is 5.89. The number of rotatable bonds is 3. The Morgan fingerprint density at radius 2 is 1.45 bits per heavy atom. The lowest BCUT2D eigenvalue weighted by Crippen LogP contribution is -2.12. The molecule has 1 atom stereocenters. The maximum Gasteiger partial charge on any atom is 0.174 e. The van der Waals surface area contributed by atoms with Gasteiger partial charge in [0.15, 0.2) is 11.5 Å². The summed E-state index contributed by atoms with van der Waals surface area (Å²) < 4.78 is 15.3. The van der Waals surface area contributed by atoms with E-state index in [0.717, 1.165) is 80.6 Å². The molecule has 5 nitrogen and oxygen atoms in total. The second kappa shape index (κ2) is 10.5. The van der Waals surface area contributed by atoms with Gasteiger partial charge in [0.2, 0.25) is 0 Å². The predicted octanol–water partition coefficient (Wildman–Crippen LogP) is 10.7. The van der Waals surface area contributed by atoms with E-state index < -0.39 is 0 Å². The first-order valence-corrected chi connectivity index (χ1v) is 16.6. The molecule has 0 aliphatic heterocycles. The lowest BCUT2D eigenvalue weighted by molar-refractivity contribution is 0.523. The molecule has 2 aliphatic carbocycles. The molecule has 0 N–H and O–H groups in total. The maximum atomic E-state index is 10.4. The second-order valence-electron chi connectivity index (χ2n) is 13.0. The molecule has 0 bridgehead atoms. The molecule has 5 heteroatoms. The molecule has 0 saturated carbocycles. The molecule has 0 fully saturated rings. The zero-order valence-corrected chi connectivity index (χ0v) is 26.4. The van der Waals surface area contributed by atoms with Crippen LogP contribution in [0, 0.1) is 22.7 Å². The third kappa shape index (κ3) is 4.03. The molecule has 3 aromatic heterocycles. The Labute approximate surface area is 282 Å². The van der Waals surface area contributed by atoms with Gasteiger partial charge in [-0.15, -0.1) is 0 Å². The van der Waals surface area contributed by atoms with E-state index in [1.165, 1.54) is 27.8 Å². The fourth-order valence-corrected chi connectivity index (χ4v) is 8.15. The Morgan fingerprint density at radius 1 is 0.633 bits per heavy atom. The fraction of sp³-hybridized carbons (Fsp3) is 0.0909. The van der Waals surface area contributed by atoms with Crippen molar-refractivity contribution in [2.24, 2.45) is 0 Å². The van der Waals surface area contributed by atoms with E-state index in [1.807, 2.05) is 48.5 Å². The van der Waals surface area contributed by atoms with E-state index >= 15 is 0 Å². The molecule has 230 valence electrons. The van der Waals surface area contributed by atoms with E-state index in [4.69, 9.17) is 8.83 Å². The van der Waals surface area contributed by atoms with Crippen molar-refractivity contribution < 1.29 is 8.83 Å². The molecule has 8 aromatic rings. The molecule has 3 heterocycles. The molecule has 5 aromatic carbocycles. The molecule has 0 amide bonds. The summed E-state index contributed by atoms with van der Waals surface area (Å²) in [5, 5.41) is 23.3. The third-order valence-electron chi connectivity index (χ3n) is 10.4. The van der Waals surface area contributed by atoms with Crippen molar-refractivity contribution in [1.29, 1.82) is 10.5 Å². The Morgan fingerprint density at radius 3 is 2.33 bits per heavy atom. The monoisotopic (exact) mass is 629 g/mol. The molecule has 2 aliphatic rings. The highest BCUT2D eigenvalue weighted by atomic mass is 16.4. The van der Waals surface area contributed by atoms with Gasteiger partial charge in [-0.3, -0.25) is 0 Å². The van der Waals surface area contributed by atoms with Crippen LogP contribution in [-0.4, -0.2) is 4.57 Å². The first kappa shape index (κ1) is 27.5. The van der Waals surface area contributed by atoms with Crippen molar-refractivity contribution in [2.75, 3.05) is 0 Å². The standard InChI is InChI=1S/C44H27N3O2/c45-24-26-13-18-39-35(21-26)32-10-4-5-12-38(32)47(39)42-30(25-46)9-6-11-31(42)29-15-20-41-37(23-29)34-17-16-33-36-22-28(27-7-2-1-3-8-27)14-19-40(36)48-43(33)44(34)49-41/h1-15,18-22,29H,16-17,23H2. The van der Waals surface area contributed by atoms with Gasteiger partial charge in [-0.2, -0.15) is 10.5 Å². The van der Waals surface area contributed by atoms with E-state index in [-0.39, 0.29) is 5.92 Å². The number of hydrogen-bond acceptors (Lipinski definition) is 4. The van der Waals surface area contributed by atoms with Crippen LogP contribution in [0.4, 0.5) is 0 Å². The van der Waals surface area contributed by atoms with Crippen LogP contribution in [0.2, 0.25) is 0 Å². The molecular formula is C44H27N3O2. The number of para-hydroxylation sites is 2. The Hall–Kier alpha value is -6.56. The van der Waals surface area contributed by atoms with Crippen LogP contribution in [0.3, 0.4) is 0 Å². The zero-order valence-electron chi connectivity index (χ0n) is 26.4. The van der Waals surface area contributed by atoms with Crippen molar-refractivity contribution in [1.82, 2.24) is 4.57 Å². The van der Waals surface area contributed by atoms with Crippen molar-refractivity contribution in [3.05, 3.63) is 154 Å². The van der Waals surface area contributed by atoms with Crippen LogP contribution in [0.5, 0.6) is 0 Å². The smallest absolute Gasteiger partial charge is 0.174 e. The minimum Gasteiger partial charge on any atom is -0.453 e. The number of aryl methyl sites for hydroxylation is 1. The summed E-state index contributed by atoms with van der Waals surface area (Å²) in [4.78, 5) is 0. The van der Waals surface area contributed by atoms with E-state index in [2.05, 4.69) is 89.5 Å². The molecule has 0 spiro atoms. The normalized spacial score (nSPS) is 14.8. The number of allylic oxidation sites excluding steroid dienone is 1. The van der Waals surface area contributed by atoms with Crippen LogP contribution in [-0.2, 0) is 19.3 Å². The quantitative estimate of drug-likeness (QED) is 0.195. The number of nitriles is 2. The Balaban J connectivity index is 1.09. The first-order chi connectivity index (χ1) is 24.2. The van der Waals surface area contributed by atoms with Crippen LogP contribution < -0.4 is 0 Å². The Bertz CT molecular complexity index is 2780. The zero-order chi connectivity index (χ0) is 32.6. The number of benzene rings is 5. The SMILES string of the molecule is N#Cc1ccc2c(c1)c1ccccc1n2-c1c(C#N)cccc1C1C=Cc2oc3c(c2C1)CCc1c-3oc2ccc(-c3ccccc3)cc12. The number of nitrogens with zero attached hydrogens (tertiary/aromatic N) is 3. The van der Waals surface area contributed by atoms with E-state index in [0.29, 0.717) is 11.1 Å². The van der Waals surface area contributed by atoms with Crippen LogP contribution in [0.1, 0.15) is 45.1 Å². The van der Waals surface area contributed by atoms with Gasteiger partial charge in [0, 0.05) is 38.8 Å². The largest absolute Gasteiger partial charge is 0.453 e. The summed E-state index contributed by atoms with van der Waals surface area (Å²) >= 11 is 0. The van der Waals surface area contributed by atoms with Gasteiger partial charge < -0.3 is 13.4 Å². The van der Waals surface area contributed by atoms with E-state index in [1.54, 1.807) is 0 Å². The van der Waals surface area contributed by atoms with Gasteiger partial charge in [0.1, 0.15) is 17.4 Å².